The Hall–Kier alpha value is -1.30. The van der Waals surface area contributed by atoms with Gasteiger partial charge in [-0.15, -0.1) is 0 Å². The number of piperazine rings is 1. The highest BCUT2D eigenvalue weighted by atomic mass is 16.5. The highest BCUT2D eigenvalue weighted by Crippen LogP contribution is 2.32. The van der Waals surface area contributed by atoms with Gasteiger partial charge in [0.1, 0.15) is 0 Å². The maximum absolute atomic E-state index is 9.59. The average Bonchev–Trinajstić information content (AvgIpc) is 2.70. The lowest BCUT2D eigenvalue weighted by Crippen LogP contribution is -2.54. The van der Waals surface area contributed by atoms with E-state index in [1.807, 2.05) is 12.1 Å². The second-order valence-corrected chi connectivity index (χ2v) is 8.05. The van der Waals surface area contributed by atoms with Gasteiger partial charge in [-0.05, 0) is 31.2 Å². The summed E-state index contributed by atoms with van der Waals surface area (Å²) in [7, 11) is 3.39. The molecule has 27 heavy (non-hydrogen) atoms. The van der Waals surface area contributed by atoms with E-state index in [0.717, 1.165) is 50.0 Å². The largest absolute Gasteiger partial charge is 0.493 e. The number of para-hydroxylation sites is 1. The van der Waals surface area contributed by atoms with Crippen molar-refractivity contribution in [2.24, 2.45) is 5.92 Å². The predicted molar refractivity (Wildman–Crippen MR) is 108 cm³/mol. The van der Waals surface area contributed by atoms with Gasteiger partial charge >= 0.3 is 0 Å². The minimum Gasteiger partial charge on any atom is -0.493 e. The summed E-state index contributed by atoms with van der Waals surface area (Å²) in [6.07, 6.45) is 7.82. The van der Waals surface area contributed by atoms with Gasteiger partial charge in [-0.2, -0.15) is 0 Å². The molecule has 2 fully saturated rings. The van der Waals surface area contributed by atoms with Crippen LogP contribution in [0.2, 0.25) is 0 Å². The van der Waals surface area contributed by atoms with Crippen LogP contribution in [-0.2, 0) is 6.54 Å². The zero-order valence-corrected chi connectivity index (χ0v) is 17.0. The van der Waals surface area contributed by atoms with Crippen LogP contribution in [-0.4, -0.2) is 68.0 Å². The van der Waals surface area contributed by atoms with Crippen molar-refractivity contribution >= 4 is 0 Å². The van der Waals surface area contributed by atoms with E-state index in [-0.39, 0.29) is 6.61 Å². The van der Waals surface area contributed by atoms with Crippen LogP contribution in [0.1, 0.15) is 44.1 Å². The maximum atomic E-state index is 9.59. The zero-order chi connectivity index (χ0) is 19.1. The molecule has 1 saturated heterocycles. The number of aliphatic hydroxyl groups excluding tert-OH is 1. The number of hydrogen-bond donors (Lipinski definition) is 1. The number of aliphatic hydroxyl groups is 1. The zero-order valence-electron chi connectivity index (χ0n) is 17.0. The molecule has 2 aliphatic rings. The van der Waals surface area contributed by atoms with Crippen molar-refractivity contribution in [1.29, 1.82) is 0 Å². The van der Waals surface area contributed by atoms with Crippen LogP contribution >= 0.6 is 0 Å². The van der Waals surface area contributed by atoms with E-state index < -0.39 is 0 Å². The quantitative estimate of drug-likeness (QED) is 0.755. The Labute approximate surface area is 164 Å². The lowest BCUT2D eigenvalue weighted by atomic mass is 9.88. The highest BCUT2D eigenvalue weighted by Gasteiger charge is 2.29. The Bertz CT molecular complexity index is 575. The van der Waals surface area contributed by atoms with E-state index in [2.05, 4.69) is 15.9 Å². The minimum atomic E-state index is 0.266. The van der Waals surface area contributed by atoms with Crippen LogP contribution < -0.4 is 9.47 Å². The minimum absolute atomic E-state index is 0.266. The SMILES string of the molecule is COc1cccc(CN2CCN(CC3CCCCC3)C(CCO)C2)c1OC. The molecule has 1 heterocycles. The molecular weight excluding hydrogens is 340 g/mol. The third kappa shape index (κ3) is 5.37. The molecule has 0 bridgehead atoms. The maximum Gasteiger partial charge on any atom is 0.165 e. The molecule has 1 N–H and O–H groups in total. The Balaban J connectivity index is 1.62. The van der Waals surface area contributed by atoms with Crippen LogP contribution in [0, 0.1) is 5.92 Å². The molecular formula is C22H36N2O3. The molecule has 0 spiro atoms. The summed E-state index contributed by atoms with van der Waals surface area (Å²) >= 11 is 0. The Kier molecular flexibility index (Phi) is 7.80. The first-order valence-electron chi connectivity index (χ1n) is 10.5. The Morgan fingerprint density at radius 3 is 2.59 bits per heavy atom. The molecule has 5 nitrogen and oxygen atoms in total. The summed E-state index contributed by atoms with van der Waals surface area (Å²) in [4.78, 5) is 5.14. The number of benzene rings is 1. The monoisotopic (exact) mass is 376 g/mol. The van der Waals surface area contributed by atoms with E-state index in [1.165, 1.54) is 44.2 Å². The van der Waals surface area contributed by atoms with Crippen LogP contribution in [0.4, 0.5) is 0 Å². The summed E-state index contributed by atoms with van der Waals surface area (Å²) in [6, 6.07) is 6.54. The molecule has 0 radical (unpaired) electrons. The van der Waals surface area contributed by atoms with Crippen molar-refractivity contribution in [3.05, 3.63) is 23.8 Å². The van der Waals surface area contributed by atoms with Gasteiger partial charge < -0.3 is 14.6 Å². The van der Waals surface area contributed by atoms with E-state index >= 15 is 0 Å². The van der Waals surface area contributed by atoms with Gasteiger partial charge in [0.15, 0.2) is 11.5 Å². The number of hydrogen-bond acceptors (Lipinski definition) is 5. The molecule has 1 aliphatic carbocycles. The van der Waals surface area contributed by atoms with Crippen LogP contribution in [0.3, 0.4) is 0 Å². The van der Waals surface area contributed by atoms with Crippen LogP contribution in [0.5, 0.6) is 11.5 Å². The van der Waals surface area contributed by atoms with Crippen molar-refractivity contribution in [3.8, 4) is 11.5 Å². The molecule has 1 unspecified atom stereocenters. The number of rotatable bonds is 8. The third-order valence-electron chi connectivity index (χ3n) is 6.25. The highest BCUT2D eigenvalue weighted by molar-refractivity contribution is 5.46. The number of methoxy groups -OCH3 is 2. The summed E-state index contributed by atoms with van der Waals surface area (Å²) in [5.74, 6) is 2.48. The van der Waals surface area contributed by atoms with Crippen molar-refractivity contribution in [1.82, 2.24) is 9.80 Å². The van der Waals surface area contributed by atoms with Crippen LogP contribution in [0.25, 0.3) is 0 Å². The molecule has 1 aromatic carbocycles. The van der Waals surface area contributed by atoms with Gasteiger partial charge in [-0.3, -0.25) is 9.80 Å². The number of nitrogens with zero attached hydrogens (tertiary/aromatic N) is 2. The Morgan fingerprint density at radius 2 is 1.89 bits per heavy atom. The standard InChI is InChI=1S/C22H36N2O3/c1-26-21-10-6-9-19(22(21)27-2)16-23-12-13-24(20(17-23)11-14-25)15-18-7-4-3-5-8-18/h6,9-10,18,20,25H,3-5,7-8,11-17H2,1-2H3. The second-order valence-electron chi connectivity index (χ2n) is 8.05. The first-order chi connectivity index (χ1) is 13.2. The molecule has 3 rings (SSSR count). The van der Waals surface area contributed by atoms with Gasteiger partial charge in [0.2, 0.25) is 0 Å². The molecule has 0 amide bonds. The van der Waals surface area contributed by atoms with Crippen molar-refractivity contribution < 1.29 is 14.6 Å². The summed E-state index contributed by atoms with van der Waals surface area (Å²) in [5.41, 5.74) is 1.17. The number of ether oxygens (including phenoxy) is 2. The first kappa shape index (κ1) is 20.4. The molecule has 1 aromatic rings. The molecule has 152 valence electrons. The van der Waals surface area contributed by atoms with Gasteiger partial charge in [0.25, 0.3) is 0 Å². The van der Waals surface area contributed by atoms with Gasteiger partial charge in [-0.1, -0.05) is 31.4 Å². The molecule has 0 aromatic heterocycles. The lowest BCUT2D eigenvalue weighted by Gasteiger charge is -2.43. The lowest BCUT2D eigenvalue weighted by molar-refractivity contribution is 0.0397. The fraction of sp³-hybridized carbons (Fsp3) is 0.727. The molecule has 1 aliphatic heterocycles. The Morgan fingerprint density at radius 1 is 1.07 bits per heavy atom. The fourth-order valence-corrected chi connectivity index (χ4v) is 4.78. The van der Waals surface area contributed by atoms with E-state index in [9.17, 15) is 5.11 Å². The molecule has 5 heteroatoms. The van der Waals surface area contributed by atoms with Gasteiger partial charge in [0.05, 0.1) is 14.2 Å². The van der Waals surface area contributed by atoms with Gasteiger partial charge in [0, 0.05) is 50.9 Å². The fourth-order valence-electron chi connectivity index (χ4n) is 4.78. The second kappa shape index (κ2) is 10.3. The van der Waals surface area contributed by atoms with E-state index in [4.69, 9.17) is 9.47 Å². The molecule has 1 atom stereocenters. The molecule has 1 saturated carbocycles. The summed E-state index contributed by atoms with van der Waals surface area (Å²) < 4.78 is 11.0. The topological polar surface area (TPSA) is 45.2 Å². The first-order valence-corrected chi connectivity index (χ1v) is 10.5. The summed E-state index contributed by atoms with van der Waals surface area (Å²) in [6.45, 7) is 5.50. The van der Waals surface area contributed by atoms with Gasteiger partial charge in [-0.25, -0.2) is 0 Å². The van der Waals surface area contributed by atoms with E-state index in [1.54, 1.807) is 14.2 Å². The normalized spacial score (nSPS) is 22.7. The van der Waals surface area contributed by atoms with E-state index in [0.29, 0.717) is 6.04 Å². The third-order valence-corrected chi connectivity index (χ3v) is 6.25. The smallest absolute Gasteiger partial charge is 0.165 e. The van der Waals surface area contributed by atoms with Crippen LogP contribution in [0.15, 0.2) is 18.2 Å². The summed E-state index contributed by atoms with van der Waals surface area (Å²) in [5, 5.41) is 9.59. The van der Waals surface area contributed by atoms with Crippen molar-refractivity contribution in [3.63, 3.8) is 0 Å². The van der Waals surface area contributed by atoms with Crippen molar-refractivity contribution in [2.75, 3.05) is 47.0 Å². The van der Waals surface area contributed by atoms with Crippen molar-refractivity contribution in [2.45, 2.75) is 51.1 Å². The predicted octanol–water partition coefficient (Wildman–Crippen LogP) is 3.15. The average molecular weight is 377 g/mol.